The van der Waals surface area contributed by atoms with Crippen molar-refractivity contribution in [2.24, 2.45) is 0 Å². The Morgan fingerprint density at radius 2 is 2.04 bits per heavy atom. The number of benzene rings is 1. The van der Waals surface area contributed by atoms with Crippen LogP contribution in [0.25, 0.3) is 5.69 Å². The first-order valence-electron chi connectivity index (χ1n) is 8.25. The molecular weight excluding hydrogens is 420 g/mol. The van der Waals surface area contributed by atoms with Crippen LogP contribution in [0.4, 0.5) is 10.9 Å². The van der Waals surface area contributed by atoms with E-state index in [-0.39, 0.29) is 23.4 Å². The van der Waals surface area contributed by atoms with Gasteiger partial charge in [0.05, 0.1) is 5.75 Å². The molecule has 2 heterocycles. The summed E-state index contributed by atoms with van der Waals surface area (Å²) in [7, 11) is 0. The number of nitrogens with zero attached hydrogens (tertiary/aromatic N) is 4. The van der Waals surface area contributed by atoms with E-state index in [4.69, 9.17) is 17.3 Å². The Hall–Kier alpha value is -2.43. The lowest BCUT2D eigenvalue weighted by Crippen LogP contribution is -2.19. The van der Waals surface area contributed by atoms with Crippen molar-refractivity contribution in [1.82, 2.24) is 19.7 Å². The molecule has 0 atom stereocenters. The molecule has 146 valence electrons. The van der Waals surface area contributed by atoms with Gasteiger partial charge < -0.3 is 5.73 Å². The Morgan fingerprint density at radius 3 is 2.68 bits per heavy atom. The van der Waals surface area contributed by atoms with Crippen LogP contribution in [0.3, 0.4) is 0 Å². The fourth-order valence-electron chi connectivity index (χ4n) is 2.23. The fourth-order valence-corrected chi connectivity index (χ4v) is 3.94. The lowest BCUT2D eigenvalue weighted by Gasteiger charge is -2.14. The first kappa shape index (κ1) is 20.3. The highest BCUT2D eigenvalue weighted by atomic mass is 35.5. The summed E-state index contributed by atoms with van der Waals surface area (Å²) >= 11 is 8.36. The van der Waals surface area contributed by atoms with E-state index in [0.29, 0.717) is 21.0 Å². The van der Waals surface area contributed by atoms with Crippen molar-refractivity contribution in [2.75, 3.05) is 16.8 Å². The van der Waals surface area contributed by atoms with Gasteiger partial charge >= 0.3 is 0 Å². The maximum atomic E-state index is 12.3. The largest absolute Gasteiger partial charge is 0.385 e. The van der Waals surface area contributed by atoms with E-state index in [0.717, 1.165) is 16.8 Å². The van der Waals surface area contributed by atoms with Gasteiger partial charge in [-0.3, -0.25) is 19.5 Å². The minimum absolute atomic E-state index is 0.0279. The molecule has 8 nitrogen and oxygen atoms in total. The number of aromatic nitrogens is 4. The van der Waals surface area contributed by atoms with Crippen LogP contribution in [0.5, 0.6) is 0 Å². The van der Waals surface area contributed by atoms with Gasteiger partial charge in [-0.15, -0.1) is 10.2 Å². The number of anilines is 2. The fraction of sp³-hybridized carbons (Fsp3) is 0.235. The lowest BCUT2D eigenvalue weighted by molar-refractivity contribution is -0.113. The highest BCUT2D eigenvalue weighted by Gasteiger charge is 2.14. The highest BCUT2D eigenvalue weighted by Crippen LogP contribution is 2.25. The third-order valence-corrected chi connectivity index (χ3v) is 5.85. The van der Waals surface area contributed by atoms with E-state index < -0.39 is 5.56 Å². The second-order valence-electron chi connectivity index (χ2n) is 6.05. The van der Waals surface area contributed by atoms with Crippen molar-refractivity contribution in [1.29, 1.82) is 0 Å². The van der Waals surface area contributed by atoms with Crippen LogP contribution in [-0.2, 0) is 4.79 Å². The van der Waals surface area contributed by atoms with Crippen molar-refractivity contribution in [2.45, 2.75) is 24.9 Å². The number of rotatable bonds is 6. The number of nitrogens with one attached hydrogen (secondary N) is 1. The molecule has 0 aliphatic rings. The molecule has 0 radical (unpaired) electrons. The molecule has 0 aliphatic heterocycles. The number of carbonyl (C=O) groups is 1. The molecular formula is C17H17ClN6O2S2. The Morgan fingerprint density at radius 1 is 1.32 bits per heavy atom. The molecule has 3 rings (SSSR count). The summed E-state index contributed by atoms with van der Waals surface area (Å²) in [4.78, 5) is 28.1. The van der Waals surface area contributed by atoms with Gasteiger partial charge in [-0.1, -0.05) is 48.5 Å². The van der Waals surface area contributed by atoms with Gasteiger partial charge in [0.25, 0.3) is 5.56 Å². The minimum Gasteiger partial charge on any atom is -0.385 e. The van der Waals surface area contributed by atoms with Gasteiger partial charge in [0.2, 0.25) is 11.0 Å². The molecule has 0 aliphatic carbocycles. The predicted molar refractivity (Wildman–Crippen MR) is 113 cm³/mol. The van der Waals surface area contributed by atoms with Crippen LogP contribution in [0, 0.1) is 0 Å². The molecule has 3 aromatic rings. The Bertz CT molecular complexity index is 1050. The zero-order chi connectivity index (χ0) is 20.3. The number of hydrogen-bond donors (Lipinski definition) is 2. The van der Waals surface area contributed by atoms with Crippen molar-refractivity contribution in [3.05, 3.63) is 50.7 Å². The summed E-state index contributed by atoms with van der Waals surface area (Å²) in [5, 5.41) is 12.9. The molecule has 28 heavy (non-hydrogen) atoms. The van der Waals surface area contributed by atoms with Gasteiger partial charge in [-0.05, 0) is 24.3 Å². The van der Waals surface area contributed by atoms with E-state index in [2.05, 4.69) is 20.5 Å². The van der Waals surface area contributed by atoms with Crippen LogP contribution < -0.4 is 16.6 Å². The lowest BCUT2D eigenvalue weighted by atomic mass is 10.2. The second kappa shape index (κ2) is 8.72. The quantitative estimate of drug-likeness (QED) is 0.450. The zero-order valence-corrected chi connectivity index (χ0v) is 17.4. The highest BCUT2D eigenvalue weighted by molar-refractivity contribution is 7.99. The van der Waals surface area contributed by atoms with E-state index >= 15 is 0 Å². The Balaban J connectivity index is 1.77. The topological polar surface area (TPSA) is 116 Å². The maximum Gasteiger partial charge on any atom is 0.275 e. The molecule has 0 spiro atoms. The van der Waals surface area contributed by atoms with E-state index in [1.807, 2.05) is 13.8 Å². The van der Waals surface area contributed by atoms with Gasteiger partial charge in [0.15, 0.2) is 5.16 Å². The van der Waals surface area contributed by atoms with Crippen LogP contribution in [0.1, 0.15) is 24.8 Å². The molecule has 11 heteroatoms. The Kier molecular flexibility index (Phi) is 6.32. The maximum absolute atomic E-state index is 12.3. The summed E-state index contributed by atoms with van der Waals surface area (Å²) in [6, 6.07) is 8.15. The minimum atomic E-state index is -0.476. The molecule has 0 saturated carbocycles. The average Bonchev–Trinajstić information content (AvgIpc) is 3.09. The molecule has 0 bridgehead atoms. The first-order chi connectivity index (χ1) is 13.3. The van der Waals surface area contributed by atoms with Gasteiger partial charge in [-0.25, -0.2) is 0 Å². The normalized spacial score (nSPS) is 11.0. The third kappa shape index (κ3) is 4.89. The van der Waals surface area contributed by atoms with E-state index in [1.54, 1.807) is 28.8 Å². The van der Waals surface area contributed by atoms with Crippen molar-refractivity contribution < 1.29 is 4.79 Å². The molecule has 0 saturated heterocycles. The van der Waals surface area contributed by atoms with Crippen molar-refractivity contribution in [3.8, 4) is 5.69 Å². The van der Waals surface area contributed by atoms with Crippen molar-refractivity contribution in [3.63, 3.8) is 0 Å². The standard InChI is InChI=1S/C17H17ClN6O2S2/c1-9(2)15-22-23-16(28-15)20-14(26)8-27-17-21-13(25)7-12(19)24(17)11-5-3-10(18)4-6-11/h3-7,9H,8,19H2,1-2H3,(H,20,23,26). The average molecular weight is 437 g/mol. The van der Waals surface area contributed by atoms with Gasteiger partial charge in [0.1, 0.15) is 10.8 Å². The molecule has 2 aromatic heterocycles. The van der Waals surface area contributed by atoms with Crippen LogP contribution >= 0.6 is 34.7 Å². The summed E-state index contributed by atoms with van der Waals surface area (Å²) < 4.78 is 1.59. The van der Waals surface area contributed by atoms with Gasteiger partial charge in [0, 0.05) is 22.7 Å². The van der Waals surface area contributed by atoms with Crippen LogP contribution in [0.2, 0.25) is 5.02 Å². The first-order valence-corrected chi connectivity index (χ1v) is 10.4. The number of thioether (sulfide) groups is 1. The zero-order valence-electron chi connectivity index (χ0n) is 15.0. The predicted octanol–water partition coefficient (Wildman–Crippen LogP) is 3.17. The number of nitrogen functional groups attached to an aromatic ring is 1. The number of nitrogens with two attached hydrogens (primary N) is 1. The van der Waals surface area contributed by atoms with Gasteiger partial charge in [-0.2, -0.15) is 4.98 Å². The summed E-state index contributed by atoms with van der Waals surface area (Å²) in [5.41, 5.74) is 6.22. The van der Waals surface area contributed by atoms with Crippen LogP contribution in [0.15, 0.2) is 40.3 Å². The molecule has 0 fully saturated rings. The third-order valence-electron chi connectivity index (χ3n) is 3.52. The van der Waals surface area contributed by atoms with E-state index in [1.165, 1.54) is 17.4 Å². The summed E-state index contributed by atoms with van der Waals surface area (Å²) in [6.45, 7) is 4.01. The summed E-state index contributed by atoms with van der Waals surface area (Å²) in [5.74, 6) is 0.203. The molecule has 1 aromatic carbocycles. The SMILES string of the molecule is CC(C)c1nnc(NC(=O)CSc2nc(=O)cc(N)n2-c2ccc(Cl)cc2)s1. The summed E-state index contributed by atoms with van der Waals surface area (Å²) in [6.07, 6.45) is 0. The number of halogens is 1. The van der Waals surface area contributed by atoms with E-state index in [9.17, 15) is 9.59 Å². The number of hydrogen-bond acceptors (Lipinski definition) is 8. The monoisotopic (exact) mass is 436 g/mol. The molecule has 0 unspecified atom stereocenters. The number of carbonyl (C=O) groups excluding carboxylic acids is 1. The second-order valence-corrected chi connectivity index (χ2v) is 8.44. The Labute approximate surface area is 174 Å². The molecule has 3 N–H and O–H groups in total. The van der Waals surface area contributed by atoms with Crippen molar-refractivity contribution >= 4 is 51.6 Å². The van der Waals surface area contributed by atoms with Crippen LogP contribution in [-0.4, -0.2) is 31.4 Å². The smallest absolute Gasteiger partial charge is 0.275 e. The number of amides is 1. The molecule has 1 amide bonds.